The zero-order valence-corrected chi connectivity index (χ0v) is 23.3. The predicted octanol–water partition coefficient (Wildman–Crippen LogP) is 4.80. The van der Waals surface area contributed by atoms with E-state index >= 15 is 0 Å². The lowest BCUT2D eigenvalue weighted by Crippen LogP contribution is -2.40. The van der Waals surface area contributed by atoms with Crippen LogP contribution in [0.25, 0.3) is 11.1 Å². The summed E-state index contributed by atoms with van der Waals surface area (Å²) in [5.74, 6) is 0.237. The molecule has 0 saturated heterocycles. The Morgan fingerprint density at radius 1 is 1.08 bits per heavy atom. The number of sulfonamides is 1. The lowest BCUT2D eigenvalue weighted by Gasteiger charge is -2.23. The second-order valence-electron chi connectivity index (χ2n) is 10.9. The number of carbonyl (C=O) groups excluding carboxylic acids is 1. The molecule has 2 aromatic rings. The lowest BCUT2D eigenvalue weighted by atomic mass is 9.97. The van der Waals surface area contributed by atoms with Crippen molar-refractivity contribution in [2.45, 2.75) is 76.8 Å². The Labute approximate surface area is 221 Å². The van der Waals surface area contributed by atoms with Crippen LogP contribution in [0.15, 0.2) is 64.7 Å². The van der Waals surface area contributed by atoms with Gasteiger partial charge in [0.25, 0.3) is 0 Å². The third-order valence-electron chi connectivity index (χ3n) is 6.53. The first kappa shape index (κ1) is 27.4. The van der Waals surface area contributed by atoms with Gasteiger partial charge in [-0.2, -0.15) is 0 Å². The average molecular weight is 526 g/mol. The van der Waals surface area contributed by atoms with E-state index in [0.717, 1.165) is 48.2 Å². The molecule has 0 bridgehead atoms. The van der Waals surface area contributed by atoms with E-state index in [1.54, 1.807) is 12.1 Å². The zero-order valence-electron chi connectivity index (χ0n) is 22.5. The van der Waals surface area contributed by atoms with Crippen LogP contribution in [-0.2, 0) is 26.0 Å². The van der Waals surface area contributed by atoms with Crippen molar-refractivity contribution in [2.75, 3.05) is 13.2 Å². The summed E-state index contributed by atoms with van der Waals surface area (Å²) in [6, 6.07) is 15.0. The fourth-order valence-electron chi connectivity index (χ4n) is 4.87. The van der Waals surface area contributed by atoms with E-state index in [2.05, 4.69) is 22.1 Å². The molecule has 200 valence electrons. The van der Waals surface area contributed by atoms with Gasteiger partial charge in [-0.25, -0.2) is 23.4 Å². The van der Waals surface area contributed by atoms with E-state index in [1.807, 2.05) is 64.1 Å². The molecule has 0 spiro atoms. The number of benzene rings is 2. The summed E-state index contributed by atoms with van der Waals surface area (Å²) < 4.78 is 34.4. The smallest absolute Gasteiger partial charge is 0.337 e. The molecule has 2 aliphatic rings. The Kier molecular flexibility index (Phi) is 8.11. The maximum absolute atomic E-state index is 13.1. The Bertz CT molecular complexity index is 1260. The van der Waals surface area contributed by atoms with Gasteiger partial charge in [-0.15, -0.1) is 0 Å². The molecule has 1 aliphatic heterocycles. The number of nitrogens with zero attached hydrogens (tertiary/aromatic N) is 1. The number of carbonyl (C=O) groups is 1. The van der Waals surface area contributed by atoms with Crippen molar-refractivity contribution in [2.24, 2.45) is 5.92 Å². The van der Waals surface area contributed by atoms with E-state index < -0.39 is 15.6 Å². The normalized spacial score (nSPS) is 18.4. The number of rotatable bonds is 10. The molecule has 1 heterocycles. The molecule has 7 nitrogen and oxygen atoms in total. The maximum Gasteiger partial charge on any atom is 0.337 e. The van der Waals surface area contributed by atoms with Crippen LogP contribution in [0.4, 0.5) is 0 Å². The van der Waals surface area contributed by atoms with E-state index in [-0.39, 0.29) is 16.9 Å². The van der Waals surface area contributed by atoms with Crippen LogP contribution < -0.4 is 10.1 Å². The van der Waals surface area contributed by atoms with Gasteiger partial charge in [0, 0.05) is 29.8 Å². The average Bonchev–Trinajstić information content (AvgIpc) is 3.62. The van der Waals surface area contributed by atoms with Crippen molar-refractivity contribution < 1.29 is 17.9 Å². The topological polar surface area (TPSA) is 87.7 Å². The van der Waals surface area contributed by atoms with Crippen molar-refractivity contribution in [3.63, 3.8) is 0 Å². The predicted molar refractivity (Wildman–Crippen MR) is 146 cm³/mol. The fourth-order valence-corrected chi connectivity index (χ4v) is 6.52. The second-order valence-corrected chi connectivity index (χ2v) is 12.6. The standard InChI is InChI=1S/C29H39N3O4S/c1-6-18-32-24(26(28(33)36-7-2)27(30-32)22-16-17-22)19-20-12-14-21(15-13-20)23-10-8-9-11-25(23)37(34,35)31-29(3,4)5/h8-15,22,27,30-31H,6-7,16-19H2,1-5H3. The highest BCUT2D eigenvalue weighted by Gasteiger charge is 2.44. The number of ether oxygens (including phenoxy) is 1. The molecule has 8 heteroatoms. The Balaban J connectivity index is 1.65. The number of allylic oxidation sites excluding steroid dienone is 1. The van der Waals surface area contributed by atoms with Crippen LogP contribution in [0.3, 0.4) is 0 Å². The van der Waals surface area contributed by atoms with Gasteiger partial charge in [0.15, 0.2) is 0 Å². The highest BCUT2D eigenvalue weighted by atomic mass is 32.2. The molecule has 2 N–H and O–H groups in total. The molecule has 1 unspecified atom stereocenters. The third-order valence-corrected chi connectivity index (χ3v) is 8.35. The van der Waals surface area contributed by atoms with Crippen LogP contribution in [0.1, 0.15) is 59.4 Å². The van der Waals surface area contributed by atoms with Crippen molar-refractivity contribution in [3.05, 3.63) is 65.4 Å². The van der Waals surface area contributed by atoms with Gasteiger partial charge < -0.3 is 9.75 Å². The summed E-state index contributed by atoms with van der Waals surface area (Å²) in [6.45, 7) is 10.6. The Hall–Kier alpha value is -2.68. The van der Waals surface area contributed by atoms with E-state index in [9.17, 15) is 13.2 Å². The van der Waals surface area contributed by atoms with E-state index in [1.165, 1.54) is 0 Å². The molecule has 37 heavy (non-hydrogen) atoms. The Morgan fingerprint density at radius 2 is 1.76 bits per heavy atom. The van der Waals surface area contributed by atoms with Gasteiger partial charge in [0.05, 0.1) is 23.1 Å². The molecule has 2 aromatic carbocycles. The minimum absolute atomic E-state index is 0.00673. The SMILES string of the molecule is CCCN1NC(C2CC2)C(C(=O)OCC)=C1Cc1ccc(-c2ccccc2S(=O)(=O)NC(C)(C)C)cc1. The largest absolute Gasteiger partial charge is 0.463 e. The summed E-state index contributed by atoms with van der Waals surface area (Å²) >= 11 is 0. The van der Waals surface area contributed by atoms with Gasteiger partial charge in [-0.1, -0.05) is 49.4 Å². The van der Waals surface area contributed by atoms with Crippen molar-refractivity contribution in [3.8, 4) is 11.1 Å². The number of hydrazine groups is 1. The van der Waals surface area contributed by atoms with E-state index in [0.29, 0.717) is 24.5 Å². The van der Waals surface area contributed by atoms with Crippen LogP contribution in [0.2, 0.25) is 0 Å². The molecule has 0 radical (unpaired) electrons. The first-order valence-electron chi connectivity index (χ1n) is 13.2. The monoisotopic (exact) mass is 525 g/mol. The Morgan fingerprint density at radius 3 is 2.35 bits per heavy atom. The first-order valence-corrected chi connectivity index (χ1v) is 14.7. The number of hydrogen-bond acceptors (Lipinski definition) is 6. The maximum atomic E-state index is 13.1. The van der Waals surface area contributed by atoms with Crippen molar-refractivity contribution in [1.82, 2.24) is 15.2 Å². The third kappa shape index (κ3) is 6.43. The van der Waals surface area contributed by atoms with Gasteiger partial charge >= 0.3 is 5.97 Å². The summed E-state index contributed by atoms with van der Waals surface area (Å²) in [4.78, 5) is 13.3. The van der Waals surface area contributed by atoms with Gasteiger partial charge in [-0.05, 0) is 70.1 Å². The number of esters is 1. The molecule has 0 aromatic heterocycles. The van der Waals surface area contributed by atoms with Crippen molar-refractivity contribution >= 4 is 16.0 Å². The molecular formula is C29H39N3O4S. The second kappa shape index (κ2) is 11.0. The summed E-state index contributed by atoms with van der Waals surface area (Å²) in [5.41, 5.74) is 7.25. The lowest BCUT2D eigenvalue weighted by molar-refractivity contribution is -0.138. The van der Waals surface area contributed by atoms with Crippen LogP contribution >= 0.6 is 0 Å². The first-order chi connectivity index (χ1) is 17.5. The van der Waals surface area contributed by atoms with Crippen LogP contribution in [0, 0.1) is 5.92 Å². The minimum atomic E-state index is -3.69. The quantitative estimate of drug-likeness (QED) is 0.434. The van der Waals surface area contributed by atoms with Gasteiger partial charge in [0.1, 0.15) is 0 Å². The summed E-state index contributed by atoms with van der Waals surface area (Å²) in [6.07, 6.45) is 3.79. The fraction of sp³-hybridized carbons (Fsp3) is 0.483. The molecular weight excluding hydrogens is 486 g/mol. The van der Waals surface area contributed by atoms with Crippen LogP contribution in [-0.4, -0.2) is 44.1 Å². The number of nitrogens with one attached hydrogen (secondary N) is 2. The molecule has 4 rings (SSSR count). The number of hydrogen-bond donors (Lipinski definition) is 2. The highest BCUT2D eigenvalue weighted by molar-refractivity contribution is 7.89. The molecule has 1 fully saturated rings. The van der Waals surface area contributed by atoms with Crippen molar-refractivity contribution in [1.29, 1.82) is 0 Å². The zero-order chi connectivity index (χ0) is 26.8. The molecule has 1 aliphatic carbocycles. The van der Waals surface area contributed by atoms with Gasteiger partial charge in [0.2, 0.25) is 10.0 Å². The summed E-state index contributed by atoms with van der Waals surface area (Å²) in [5, 5.41) is 2.13. The molecule has 1 atom stereocenters. The van der Waals surface area contributed by atoms with Crippen LogP contribution in [0.5, 0.6) is 0 Å². The van der Waals surface area contributed by atoms with E-state index in [4.69, 9.17) is 4.74 Å². The van der Waals surface area contributed by atoms with Gasteiger partial charge in [-0.3, -0.25) is 0 Å². The highest BCUT2D eigenvalue weighted by Crippen LogP contribution is 2.41. The minimum Gasteiger partial charge on any atom is -0.463 e. The summed E-state index contributed by atoms with van der Waals surface area (Å²) in [7, 11) is -3.69. The molecule has 1 saturated carbocycles. The molecule has 0 amide bonds.